The molecule has 5 nitrogen and oxygen atoms in total. The Labute approximate surface area is 166 Å². The zero-order chi connectivity index (χ0) is 19.6. The van der Waals surface area contributed by atoms with Gasteiger partial charge in [-0.15, -0.1) is 0 Å². The highest BCUT2D eigenvalue weighted by Gasteiger charge is 2.10. The number of carbonyl (C=O) groups excluding carboxylic acids is 1. The summed E-state index contributed by atoms with van der Waals surface area (Å²) in [5.74, 6) is 1.56. The second-order valence-electron chi connectivity index (χ2n) is 6.48. The van der Waals surface area contributed by atoms with E-state index < -0.39 is 0 Å². The van der Waals surface area contributed by atoms with Crippen molar-refractivity contribution in [1.29, 1.82) is 0 Å². The van der Waals surface area contributed by atoms with Crippen molar-refractivity contribution in [2.75, 3.05) is 18.5 Å². The number of rotatable bonds is 8. The van der Waals surface area contributed by atoms with Gasteiger partial charge in [0, 0.05) is 5.56 Å². The Morgan fingerprint density at radius 1 is 1.07 bits per heavy atom. The lowest BCUT2D eigenvalue weighted by Crippen LogP contribution is -2.34. The summed E-state index contributed by atoms with van der Waals surface area (Å²) in [4.78, 5) is 12.4. The summed E-state index contributed by atoms with van der Waals surface area (Å²) in [6.07, 6.45) is 0.935. The van der Waals surface area contributed by atoms with Crippen LogP contribution in [0.2, 0.25) is 0 Å². The van der Waals surface area contributed by atoms with E-state index in [9.17, 15) is 4.79 Å². The van der Waals surface area contributed by atoms with E-state index >= 15 is 0 Å². The molecule has 0 aliphatic rings. The van der Waals surface area contributed by atoms with Crippen LogP contribution in [0.4, 0.5) is 5.69 Å². The molecule has 2 rings (SSSR count). The van der Waals surface area contributed by atoms with Gasteiger partial charge < -0.3 is 14.8 Å². The molecule has 0 atom stereocenters. The third-order valence-corrected chi connectivity index (χ3v) is 3.73. The Kier molecular flexibility index (Phi) is 8.07. The number of hydrogen-bond acceptors (Lipinski definition) is 4. The number of carbonyl (C=O) groups is 1. The fourth-order valence-electron chi connectivity index (χ4n) is 2.20. The van der Waals surface area contributed by atoms with Crippen molar-refractivity contribution >= 4 is 28.9 Å². The van der Waals surface area contributed by atoms with Crippen LogP contribution in [0, 0.1) is 5.92 Å². The van der Waals surface area contributed by atoms with Crippen molar-refractivity contribution in [3.05, 3.63) is 54.1 Å². The number of nitrogens with one attached hydrogen (secondary N) is 2. The van der Waals surface area contributed by atoms with Crippen molar-refractivity contribution in [3.63, 3.8) is 0 Å². The predicted molar refractivity (Wildman–Crippen MR) is 113 cm³/mol. The fourth-order valence-corrected chi connectivity index (χ4v) is 2.41. The van der Waals surface area contributed by atoms with Crippen LogP contribution in [0.15, 0.2) is 48.5 Å². The van der Waals surface area contributed by atoms with E-state index in [1.807, 2.05) is 31.2 Å². The first-order chi connectivity index (χ1) is 13.0. The molecule has 6 heteroatoms. The first-order valence-electron chi connectivity index (χ1n) is 9.06. The molecule has 2 aromatic carbocycles. The molecule has 144 valence electrons. The van der Waals surface area contributed by atoms with Crippen LogP contribution in [0.1, 0.15) is 37.6 Å². The SMILES string of the molecule is CCCOc1ccc(C(=O)NC(=S)Nc2ccccc2OCC(C)C)cc1. The largest absolute Gasteiger partial charge is 0.494 e. The lowest BCUT2D eigenvalue weighted by atomic mass is 10.2. The van der Waals surface area contributed by atoms with Gasteiger partial charge in [0.25, 0.3) is 5.91 Å². The third-order valence-electron chi connectivity index (χ3n) is 3.52. The summed E-state index contributed by atoms with van der Waals surface area (Å²) in [7, 11) is 0. The van der Waals surface area contributed by atoms with Crippen LogP contribution in [0.5, 0.6) is 11.5 Å². The number of benzene rings is 2. The number of hydrogen-bond donors (Lipinski definition) is 2. The summed E-state index contributed by atoms with van der Waals surface area (Å²) in [5, 5.41) is 5.92. The summed E-state index contributed by atoms with van der Waals surface area (Å²) in [6.45, 7) is 7.46. The molecule has 0 aromatic heterocycles. The van der Waals surface area contributed by atoms with Gasteiger partial charge in [-0.2, -0.15) is 0 Å². The van der Waals surface area contributed by atoms with E-state index in [4.69, 9.17) is 21.7 Å². The number of amides is 1. The van der Waals surface area contributed by atoms with E-state index in [0.717, 1.165) is 12.2 Å². The first kappa shape index (κ1) is 20.7. The Bertz CT molecular complexity index is 760. The summed E-state index contributed by atoms with van der Waals surface area (Å²) in [6, 6.07) is 14.5. The van der Waals surface area contributed by atoms with Gasteiger partial charge in [0.05, 0.1) is 18.9 Å². The molecule has 27 heavy (non-hydrogen) atoms. The molecule has 0 unspecified atom stereocenters. The van der Waals surface area contributed by atoms with Gasteiger partial charge in [-0.25, -0.2) is 0 Å². The molecule has 0 saturated carbocycles. The predicted octanol–water partition coefficient (Wildman–Crippen LogP) is 4.64. The van der Waals surface area contributed by atoms with Crippen LogP contribution >= 0.6 is 12.2 Å². The standard InChI is InChI=1S/C21H26N2O3S/c1-4-13-25-17-11-9-16(10-12-17)20(24)23-21(27)22-18-7-5-6-8-19(18)26-14-15(2)3/h5-12,15H,4,13-14H2,1-3H3,(H2,22,23,24,27). The first-order valence-corrected chi connectivity index (χ1v) is 9.47. The zero-order valence-electron chi connectivity index (χ0n) is 16.0. The van der Waals surface area contributed by atoms with Crippen molar-refractivity contribution < 1.29 is 14.3 Å². The van der Waals surface area contributed by atoms with Crippen LogP contribution in [-0.2, 0) is 0 Å². The van der Waals surface area contributed by atoms with Crippen LogP contribution in [-0.4, -0.2) is 24.2 Å². The minimum Gasteiger partial charge on any atom is -0.494 e. The lowest BCUT2D eigenvalue weighted by Gasteiger charge is -2.15. The average Bonchev–Trinajstić information content (AvgIpc) is 2.65. The fraction of sp³-hybridized carbons (Fsp3) is 0.333. The van der Waals surface area contributed by atoms with Crippen molar-refractivity contribution in [2.45, 2.75) is 27.2 Å². The van der Waals surface area contributed by atoms with Crippen molar-refractivity contribution in [2.24, 2.45) is 5.92 Å². The van der Waals surface area contributed by atoms with E-state index in [1.54, 1.807) is 24.3 Å². The highest BCUT2D eigenvalue weighted by atomic mass is 32.1. The van der Waals surface area contributed by atoms with E-state index in [0.29, 0.717) is 36.1 Å². The quantitative estimate of drug-likeness (QED) is 0.648. The second-order valence-corrected chi connectivity index (χ2v) is 6.89. The molecule has 0 aliphatic carbocycles. The van der Waals surface area contributed by atoms with Gasteiger partial charge in [-0.3, -0.25) is 10.1 Å². The molecule has 0 aliphatic heterocycles. The van der Waals surface area contributed by atoms with Gasteiger partial charge in [-0.1, -0.05) is 32.9 Å². The molecule has 0 radical (unpaired) electrons. The number of ether oxygens (including phenoxy) is 2. The highest BCUT2D eigenvalue weighted by molar-refractivity contribution is 7.80. The third kappa shape index (κ3) is 6.90. The minimum absolute atomic E-state index is 0.215. The monoisotopic (exact) mass is 386 g/mol. The molecule has 1 amide bonds. The Morgan fingerprint density at radius 2 is 1.78 bits per heavy atom. The smallest absolute Gasteiger partial charge is 0.257 e. The highest BCUT2D eigenvalue weighted by Crippen LogP contribution is 2.24. The van der Waals surface area contributed by atoms with Gasteiger partial charge >= 0.3 is 0 Å². The molecule has 2 aromatic rings. The maximum absolute atomic E-state index is 12.4. The second kappa shape index (κ2) is 10.5. The van der Waals surface area contributed by atoms with Gasteiger partial charge in [0.2, 0.25) is 0 Å². The van der Waals surface area contributed by atoms with E-state index in [2.05, 4.69) is 24.5 Å². The summed E-state index contributed by atoms with van der Waals surface area (Å²) < 4.78 is 11.3. The van der Waals surface area contributed by atoms with E-state index in [-0.39, 0.29) is 11.0 Å². The topological polar surface area (TPSA) is 59.6 Å². The Morgan fingerprint density at radius 3 is 2.44 bits per heavy atom. The molecule has 2 N–H and O–H groups in total. The number of thiocarbonyl (C=S) groups is 1. The molecular formula is C21H26N2O3S. The molecule has 0 spiro atoms. The molecular weight excluding hydrogens is 360 g/mol. The van der Waals surface area contributed by atoms with Crippen LogP contribution in [0.25, 0.3) is 0 Å². The van der Waals surface area contributed by atoms with Gasteiger partial charge in [-0.05, 0) is 61.0 Å². The summed E-state index contributed by atoms with van der Waals surface area (Å²) >= 11 is 5.27. The van der Waals surface area contributed by atoms with Crippen LogP contribution < -0.4 is 20.1 Å². The lowest BCUT2D eigenvalue weighted by molar-refractivity contribution is 0.0977. The Hall–Kier alpha value is -2.60. The average molecular weight is 387 g/mol. The molecule has 0 bridgehead atoms. The molecule has 0 fully saturated rings. The number of para-hydroxylation sites is 2. The maximum atomic E-state index is 12.4. The number of anilines is 1. The zero-order valence-corrected chi connectivity index (χ0v) is 16.8. The van der Waals surface area contributed by atoms with Gasteiger partial charge in [0.15, 0.2) is 5.11 Å². The maximum Gasteiger partial charge on any atom is 0.257 e. The van der Waals surface area contributed by atoms with Crippen LogP contribution in [0.3, 0.4) is 0 Å². The van der Waals surface area contributed by atoms with Crippen molar-refractivity contribution in [3.8, 4) is 11.5 Å². The van der Waals surface area contributed by atoms with Gasteiger partial charge in [0.1, 0.15) is 11.5 Å². The normalized spacial score (nSPS) is 10.4. The van der Waals surface area contributed by atoms with E-state index in [1.165, 1.54) is 0 Å². The van der Waals surface area contributed by atoms with Crippen molar-refractivity contribution in [1.82, 2.24) is 5.32 Å². The Balaban J connectivity index is 1.94. The summed E-state index contributed by atoms with van der Waals surface area (Å²) in [5.41, 5.74) is 1.22. The molecule has 0 saturated heterocycles. The molecule has 0 heterocycles. The minimum atomic E-state index is -0.282.